The van der Waals surface area contributed by atoms with Gasteiger partial charge < -0.3 is 10.4 Å². The maximum atomic E-state index is 11.9. The first kappa shape index (κ1) is 12.7. The Morgan fingerprint density at radius 3 is 2.58 bits per heavy atom. The number of carboxylic acids is 1. The number of aromatic nitrogens is 3. The largest absolute Gasteiger partial charge is 0.478 e. The maximum absolute atomic E-state index is 11.9. The first-order chi connectivity index (χ1) is 8.97. The Morgan fingerprint density at radius 2 is 2.11 bits per heavy atom. The number of nitrogens with zero attached hydrogens (tertiary/aromatic N) is 3. The highest BCUT2D eigenvalue weighted by Crippen LogP contribution is 2.08. The number of anilines is 1. The number of hydrogen-bond acceptors (Lipinski definition) is 4. The quantitative estimate of drug-likeness (QED) is 0.860. The van der Waals surface area contributed by atoms with Crippen molar-refractivity contribution in [2.75, 3.05) is 5.32 Å². The van der Waals surface area contributed by atoms with Crippen LogP contribution in [0.3, 0.4) is 0 Å². The minimum Gasteiger partial charge on any atom is -0.478 e. The third-order valence-electron chi connectivity index (χ3n) is 2.49. The van der Waals surface area contributed by atoms with Gasteiger partial charge in [-0.3, -0.25) is 9.48 Å². The van der Waals surface area contributed by atoms with Gasteiger partial charge in [-0.2, -0.15) is 5.10 Å². The highest BCUT2D eigenvalue weighted by atomic mass is 16.4. The van der Waals surface area contributed by atoms with Crippen LogP contribution in [-0.4, -0.2) is 31.7 Å². The van der Waals surface area contributed by atoms with Crippen molar-refractivity contribution >= 4 is 17.7 Å². The van der Waals surface area contributed by atoms with E-state index in [1.54, 1.807) is 20.0 Å². The Labute approximate surface area is 108 Å². The normalized spacial score (nSPS) is 10.2. The summed E-state index contributed by atoms with van der Waals surface area (Å²) in [6, 6.07) is 4.46. The van der Waals surface area contributed by atoms with E-state index in [1.807, 2.05) is 0 Å². The second kappa shape index (κ2) is 4.89. The molecule has 0 aliphatic carbocycles. The van der Waals surface area contributed by atoms with Crippen LogP contribution in [0.2, 0.25) is 0 Å². The van der Waals surface area contributed by atoms with Crippen molar-refractivity contribution in [2.45, 2.75) is 6.92 Å². The third-order valence-corrected chi connectivity index (χ3v) is 2.49. The first-order valence-corrected chi connectivity index (χ1v) is 5.48. The van der Waals surface area contributed by atoms with Crippen molar-refractivity contribution in [2.24, 2.45) is 7.05 Å². The number of amides is 1. The van der Waals surface area contributed by atoms with Crippen LogP contribution < -0.4 is 5.32 Å². The van der Waals surface area contributed by atoms with E-state index in [2.05, 4.69) is 15.4 Å². The van der Waals surface area contributed by atoms with Crippen molar-refractivity contribution in [3.05, 3.63) is 41.3 Å². The van der Waals surface area contributed by atoms with Crippen molar-refractivity contribution in [3.8, 4) is 0 Å². The lowest BCUT2D eigenvalue weighted by molar-refractivity contribution is 0.0696. The topological polar surface area (TPSA) is 97.1 Å². The van der Waals surface area contributed by atoms with Crippen molar-refractivity contribution in [1.82, 2.24) is 14.8 Å². The number of carbonyl (C=O) groups excluding carboxylic acids is 1. The monoisotopic (exact) mass is 260 g/mol. The van der Waals surface area contributed by atoms with E-state index in [4.69, 9.17) is 5.11 Å². The zero-order valence-electron chi connectivity index (χ0n) is 10.4. The van der Waals surface area contributed by atoms with Gasteiger partial charge >= 0.3 is 5.97 Å². The predicted molar refractivity (Wildman–Crippen MR) is 67.1 cm³/mol. The molecule has 2 rings (SSSR count). The molecule has 0 unspecified atom stereocenters. The zero-order valence-corrected chi connectivity index (χ0v) is 10.4. The van der Waals surface area contributed by atoms with Gasteiger partial charge in [-0.25, -0.2) is 9.78 Å². The number of nitrogens with one attached hydrogen (secondary N) is 1. The van der Waals surface area contributed by atoms with Crippen LogP contribution in [0.1, 0.15) is 26.5 Å². The fraction of sp³-hybridized carbons (Fsp3) is 0.167. The van der Waals surface area contributed by atoms with E-state index >= 15 is 0 Å². The number of pyridine rings is 1. The highest BCUT2D eigenvalue weighted by molar-refractivity contribution is 6.02. The molecule has 19 heavy (non-hydrogen) atoms. The lowest BCUT2D eigenvalue weighted by atomic mass is 10.3. The van der Waals surface area contributed by atoms with Gasteiger partial charge in [0, 0.05) is 13.2 Å². The number of aromatic carboxylic acids is 1. The molecule has 0 aromatic carbocycles. The summed E-state index contributed by atoms with van der Waals surface area (Å²) in [7, 11) is 1.67. The molecule has 0 saturated heterocycles. The van der Waals surface area contributed by atoms with Crippen molar-refractivity contribution in [1.29, 1.82) is 0 Å². The maximum Gasteiger partial charge on any atom is 0.337 e. The van der Waals surface area contributed by atoms with Gasteiger partial charge in [0.1, 0.15) is 11.5 Å². The predicted octanol–water partition coefficient (Wildman–Crippen LogP) is 1.07. The summed E-state index contributed by atoms with van der Waals surface area (Å²) in [4.78, 5) is 26.5. The fourth-order valence-electron chi connectivity index (χ4n) is 1.60. The molecule has 0 aliphatic rings. The van der Waals surface area contributed by atoms with Crippen molar-refractivity contribution in [3.63, 3.8) is 0 Å². The summed E-state index contributed by atoms with van der Waals surface area (Å²) in [6.45, 7) is 1.79. The van der Waals surface area contributed by atoms with Crippen LogP contribution >= 0.6 is 0 Å². The minimum atomic E-state index is -1.06. The van der Waals surface area contributed by atoms with Crippen molar-refractivity contribution < 1.29 is 14.7 Å². The first-order valence-electron chi connectivity index (χ1n) is 5.48. The smallest absolute Gasteiger partial charge is 0.337 e. The molecule has 0 atom stereocenters. The Bertz CT molecular complexity index is 631. The van der Waals surface area contributed by atoms with E-state index in [0.717, 1.165) is 5.69 Å². The van der Waals surface area contributed by atoms with E-state index in [0.29, 0.717) is 5.69 Å². The fourth-order valence-corrected chi connectivity index (χ4v) is 1.60. The molecule has 7 nitrogen and oxygen atoms in total. The number of carboxylic acid groups (broad SMARTS) is 1. The van der Waals surface area contributed by atoms with Gasteiger partial charge in [0.25, 0.3) is 5.91 Å². The van der Waals surface area contributed by atoms with Gasteiger partial charge in [0.05, 0.1) is 11.3 Å². The molecule has 1 amide bonds. The molecule has 2 N–H and O–H groups in total. The number of aryl methyl sites for hydroxylation is 2. The molecular weight excluding hydrogens is 248 g/mol. The summed E-state index contributed by atoms with van der Waals surface area (Å²) in [6.07, 6.45) is 1.19. The summed E-state index contributed by atoms with van der Waals surface area (Å²) in [5.74, 6) is -1.12. The summed E-state index contributed by atoms with van der Waals surface area (Å²) >= 11 is 0. The van der Waals surface area contributed by atoms with Crippen LogP contribution in [0.25, 0.3) is 0 Å². The molecule has 0 spiro atoms. The van der Waals surface area contributed by atoms with Gasteiger partial charge in [-0.1, -0.05) is 0 Å². The average Bonchev–Trinajstić information content (AvgIpc) is 2.69. The molecule has 98 valence electrons. The van der Waals surface area contributed by atoms with E-state index in [9.17, 15) is 9.59 Å². The molecule has 7 heteroatoms. The third kappa shape index (κ3) is 2.76. The lowest BCUT2D eigenvalue weighted by Crippen LogP contribution is -2.16. The molecule has 0 aliphatic heterocycles. The van der Waals surface area contributed by atoms with Crippen LogP contribution in [0, 0.1) is 6.92 Å². The molecule has 0 saturated carbocycles. The Morgan fingerprint density at radius 1 is 1.37 bits per heavy atom. The number of rotatable bonds is 3. The van der Waals surface area contributed by atoms with E-state index in [1.165, 1.54) is 23.0 Å². The van der Waals surface area contributed by atoms with Crippen LogP contribution in [0.5, 0.6) is 0 Å². The highest BCUT2D eigenvalue weighted by Gasteiger charge is 2.12. The Kier molecular flexibility index (Phi) is 3.28. The molecule has 0 fully saturated rings. The number of hydrogen-bond donors (Lipinski definition) is 2. The number of carbonyl (C=O) groups is 2. The second-order valence-electron chi connectivity index (χ2n) is 3.99. The SMILES string of the molecule is Cc1cc(C(=O)Nc2ccc(C(=O)O)cn2)n(C)n1. The standard InChI is InChI=1S/C12H12N4O3/c1-7-5-9(16(2)15-7)11(17)14-10-4-3-8(6-13-10)12(18)19/h3-6H,1-2H3,(H,18,19)(H,13,14,17). The summed E-state index contributed by atoms with van der Waals surface area (Å²) in [5.41, 5.74) is 1.21. The van der Waals surface area contributed by atoms with E-state index < -0.39 is 5.97 Å². The van der Waals surface area contributed by atoms with Gasteiger partial charge in [0.15, 0.2) is 0 Å². The molecular formula is C12H12N4O3. The Balaban J connectivity index is 2.15. The second-order valence-corrected chi connectivity index (χ2v) is 3.99. The minimum absolute atomic E-state index is 0.0642. The molecule has 2 heterocycles. The Hall–Kier alpha value is -2.70. The lowest BCUT2D eigenvalue weighted by Gasteiger charge is -2.04. The van der Waals surface area contributed by atoms with Crippen LogP contribution in [0.15, 0.2) is 24.4 Å². The molecule has 0 bridgehead atoms. The molecule has 0 radical (unpaired) electrons. The zero-order chi connectivity index (χ0) is 14.0. The molecule has 2 aromatic heterocycles. The average molecular weight is 260 g/mol. The molecule has 2 aromatic rings. The van der Waals surface area contributed by atoms with Crippen LogP contribution in [0.4, 0.5) is 5.82 Å². The summed E-state index contributed by atoms with van der Waals surface area (Å²) < 4.78 is 1.47. The van der Waals surface area contributed by atoms with Gasteiger partial charge in [-0.15, -0.1) is 0 Å². The van der Waals surface area contributed by atoms with Gasteiger partial charge in [-0.05, 0) is 25.1 Å². The van der Waals surface area contributed by atoms with Gasteiger partial charge in [0.2, 0.25) is 0 Å². The van der Waals surface area contributed by atoms with Crippen LogP contribution in [-0.2, 0) is 7.05 Å². The summed E-state index contributed by atoms with van der Waals surface area (Å²) in [5, 5.41) is 15.4. The van der Waals surface area contributed by atoms with E-state index in [-0.39, 0.29) is 17.3 Å².